The fourth-order valence-corrected chi connectivity index (χ4v) is 3.37. The van der Waals surface area contributed by atoms with Crippen LogP contribution >= 0.6 is 11.6 Å². The van der Waals surface area contributed by atoms with E-state index in [9.17, 15) is 4.39 Å². The fraction of sp³-hybridized carbons (Fsp3) is 0.625. The molecular formula is C16H26ClFN2. The lowest BCUT2D eigenvalue weighted by molar-refractivity contribution is 0.0914. The molecule has 114 valence electrons. The van der Waals surface area contributed by atoms with Crippen molar-refractivity contribution in [2.45, 2.75) is 44.7 Å². The smallest absolute Gasteiger partial charge is 0.145 e. The fourth-order valence-electron chi connectivity index (χ4n) is 3.17. The van der Waals surface area contributed by atoms with Gasteiger partial charge in [0.25, 0.3) is 0 Å². The Kier molecular flexibility index (Phi) is 6.44. The van der Waals surface area contributed by atoms with Gasteiger partial charge in [-0.05, 0) is 52.0 Å². The molecule has 1 atom stereocenters. The summed E-state index contributed by atoms with van der Waals surface area (Å²) in [6.07, 6.45) is 2.64. The summed E-state index contributed by atoms with van der Waals surface area (Å²) in [5.41, 5.74) is 0.675. The maximum atomic E-state index is 14.1. The van der Waals surface area contributed by atoms with E-state index < -0.39 is 0 Å². The predicted molar refractivity (Wildman–Crippen MR) is 85.0 cm³/mol. The van der Waals surface area contributed by atoms with Gasteiger partial charge in [0.15, 0.2) is 0 Å². The molecule has 1 aromatic carbocycles. The number of halogens is 2. The normalized spacial score (nSPS) is 13.8. The van der Waals surface area contributed by atoms with E-state index >= 15 is 0 Å². The number of hydrogen-bond donors (Lipinski definition) is 1. The van der Waals surface area contributed by atoms with E-state index in [2.05, 4.69) is 38.2 Å². The van der Waals surface area contributed by atoms with Crippen molar-refractivity contribution in [2.75, 3.05) is 21.1 Å². The molecule has 0 aliphatic carbocycles. The zero-order chi connectivity index (χ0) is 15.3. The molecule has 0 aliphatic rings. The summed E-state index contributed by atoms with van der Waals surface area (Å²) in [5.74, 6) is -0.297. The minimum atomic E-state index is -0.297. The molecule has 1 aromatic rings. The largest absolute Gasteiger partial charge is 0.315 e. The first-order valence-corrected chi connectivity index (χ1v) is 7.58. The number of benzene rings is 1. The minimum Gasteiger partial charge on any atom is -0.315 e. The van der Waals surface area contributed by atoms with Crippen LogP contribution in [0.25, 0.3) is 0 Å². The van der Waals surface area contributed by atoms with Gasteiger partial charge >= 0.3 is 0 Å². The third-order valence-electron chi connectivity index (χ3n) is 4.57. The van der Waals surface area contributed by atoms with Gasteiger partial charge in [-0.3, -0.25) is 0 Å². The molecule has 0 fully saturated rings. The molecule has 0 bridgehead atoms. The van der Waals surface area contributed by atoms with Gasteiger partial charge in [-0.25, -0.2) is 4.39 Å². The Morgan fingerprint density at radius 1 is 1.30 bits per heavy atom. The van der Waals surface area contributed by atoms with Crippen LogP contribution in [0, 0.1) is 5.82 Å². The van der Waals surface area contributed by atoms with E-state index in [-0.39, 0.29) is 22.4 Å². The van der Waals surface area contributed by atoms with Crippen molar-refractivity contribution in [1.82, 2.24) is 10.2 Å². The lowest BCUT2D eigenvalue weighted by Gasteiger charge is -2.45. The molecule has 0 amide bonds. The monoisotopic (exact) mass is 300 g/mol. The average molecular weight is 301 g/mol. The van der Waals surface area contributed by atoms with E-state index in [1.165, 1.54) is 0 Å². The maximum Gasteiger partial charge on any atom is 0.145 e. The van der Waals surface area contributed by atoms with Crippen molar-refractivity contribution in [3.8, 4) is 0 Å². The van der Waals surface area contributed by atoms with Crippen LogP contribution in [0.15, 0.2) is 18.2 Å². The third-order valence-corrected chi connectivity index (χ3v) is 4.86. The van der Waals surface area contributed by atoms with Crippen LogP contribution in [0.4, 0.5) is 4.39 Å². The Morgan fingerprint density at radius 2 is 1.90 bits per heavy atom. The van der Waals surface area contributed by atoms with Crippen molar-refractivity contribution in [2.24, 2.45) is 0 Å². The number of nitrogens with zero attached hydrogens (tertiary/aromatic N) is 1. The van der Waals surface area contributed by atoms with Gasteiger partial charge in [0.1, 0.15) is 5.82 Å². The van der Waals surface area contributed by atoms with Gasteiger partial charge < -0.3 is 10.2 Å². The standard InChI is InChI=1S/C16H26ClFN2/c1-6-16(7-2,20(4)5)14(19-3)11-12-9-8-10-13(17)15(12)18/h8-10,14,19H,6-7,11H2,1-5H3. The van der Waals surface area contributed by atoms with E-state index in [4.69, 9.17) is 11.6 Å². The zero-order valence-electron chi connectivity index (χ0n) is 13.1. The highest BCUT2D eigenvalue weighted by atomic mass is 35.5. The second-order valence-corrected chi connectivity index (χ2v) is 5.87. The first-order valence-electron chi connectivity index (χ1n) is 7.20. The summed E-state index contributed by atoms with van der Waals surface area (Å²) in [6, 6.07) is 5.38. The second-order valence-electron chi connectivity index (χ2n) is 5.46. The molecule has 2 nitrogen and oxygen atoms in total. The van der Waals surface area contributed by atoms with Crippen LogP contribution in [0.1, 0.15) is 32.3 Å². The van der Waals surface area contributed by atoms with Crippen LogP contribution in [0.5, 0.6) is 0 Å². The highest BCUT2D eigenvalue weighted by Gasteiger charge is 2.37. The van der Waals surface area contributed by atoms with Gasteiger partial charge in [0, 0.05) is 11.6 Å². The lowest BCUT2D eigenvalue weighted by atomic mass is 9.80. The molecule has 0 saturated heterocycles. The average Bonchev–Trinajstić information content (AvgIpc) is 2.43. The van der Waals surface area contributed by atoms with Crippen molar-refractivity contribution in [3.05, 3.63) is 34.6 Å². The first kappa shape index (κ1) is 17.4. The molecule has 0 radical (unpaired) electrons. The molecule has 0 aliphatic heterocycles. The van der Waals surface area contributed by atoms with E-state index in [0.29, 0.717) is 12.0 Å². The Morgan fingerprint density at radius 3 is 2.35 bits per heavy atom. The van der Waals surface area contributed by atoms with E-state index in [1.54, 1.807) is 6.07 Å². The predicted octanol–water partition coefficient (Wildman–Crippen LogP) is 3.73. The molecule has 0 aromatic heterocycles. The summed E-state index contributed by atoms with van der Waals surface area (Å²) in [6.45, 7) is 4.37. The number of rotatable bonds is 7. The number of nitrogens with one attached hydrogen (secondary N) is 1. The zero-order valence-corrected chi connectivity index (χ0v) is 13.9. The lowest BCUT2D eigenvalue weighted by Crippen LogP contribution is -2.58. The molecular weight excluding hydrogens is 275 g/mol. The number of likely N-dealkylation sites (N-methyl/N-ethyl adjacent to an activating group) is 2. The summed E-state index contributed by atoms with van der Waals surface area (Å²) >= 11 is 5.88. The highest BCUT2D eigenvalue weighted by Crippen LogP contribution is 2.29. The summed E-state index contributed by atoms with van der Waals surface area (Å²) in [7, 11) is 6.12. The summed E-state index contributed by atoms with van der Waals surface area (Å²) in [5, 5.41) is 3.57. The quantitative estimate of drug-likeness (QED) is 0.825. The molecule has 4 heteroatoms. The number of hydrogen-bond acceptors (Lipinski definition) is 2. The van der Waals surface area contributed by atoms with Gasteiger partial charge in [0.2, 0.25) is 0 Å². The van der Waals surface area contributed by atoms with E-state index in [0.717, 1.165) is 12.8 Å². The van der Waals surface area contributed by atoms with Crippen molar-refractivity contribution < 1.29 is 4.39 Å². The third kappa shape index (κ3) is 3.33. The summed E-state index contributed by atoms with van der Waals surface area (Å²) < 4.78 is 14.1. The molecule has 0 spiro atoms. The first-order chi connectivity index (χ1) is 9.42. The molecule has 1 unspecified atom stereocenters. The van der Waals surface area contributed by atoms with Crippen LogP contribution in [0.2, 0.25) is 5.02 Å². The van der Waals surface area contributed by atoms with Crippen molar-refractivity contribution in [1.29, 1.82) is 0 Å². The van der Waals surface area contributed by atoms with Crippen LogP contribution in [-0.4, -0.2) is 37.6 Å². The molecule has 1 rings (SSSR count). The Balaban J connectivity index is 3.10. The van der Waals surface area contributed by atoms with Gasteiger partial charge in [-0.15, -0.1) is 0 Å². The Bertz CT molecular complexity index is 430. The van der Waals surface area contributed by atoms with Crippen LogP contribution < -0.4 is 5.32 Å². The van der Waals surface area contributed by atoms with Gasteiger partial charge in [-0.1, -0.05) is 37.6 Å². The molecule has 0 heterocycles. The van der Waals surface area contributed by atoms with Crippen molar-refractivity contribution in [3.63, 3.8) is 0 Å². The minimum absolute atomic E-state index is 0.00348. The second kappa shape index (κ2) is 7.39. The molecule has 20 heavy (non-hydrogen) atoms. The van der Waals surface area contributed by atoms with E-state index in [1.807, 2.05) is 19.2 Å². The van der Waals surface area contributed by atoms with Crippen LogP contribution in [0.3, 0.4) is 0 Å². The summed E-state index contributed by atoms with van der Waals surface area (Å²) in [4.78, 5) is 2.25. The maximum absolute atomic E-state index is 14.1. The Hall–Kier alpha value is -0.640. The van der Waals surface area contributed by atoms with Crippen molar-refractivity contribution >= 4 is 11.6 Å². The Labute approximate surface area is 127 Å². The van der Waals surface area contributed by atoms with Gasteiger partial charge in [0.05, 0.1) is 5.02 Å². The SMILES string of the molecule is CCC(CC)(C(Cc1cccc(Cl)c1F)NC)N(C)C. The topological polar surface area (TPSA) is 15.3 Å². The molecule has 1 N–H and O–H groups in total. The highest BCUT2D eigenvalue weighted by molar-refractivity contribution is 6.30. The molecule has 0 saturated carbocycles. The van der Waals surface area contributed by atoms with Crippen LogP contribution in [-0.2, 0) is 6.42 Å². The van der Waals surface area contributed by atoms with Gasteiger partial charge in [-0.2, -0.15) is 0 Å².